The first kappa shape index (κ1) is 20.6. The van der Waals surface area contributed by atoms with Crippen LogP contribution in [0.4, 0.5) is 0 Å². The fourth-order valence-electron chi connectivity index (χ4n) is 4.47. The SMILES string of the molecule is CNCC(C(=O)N1CCC(NC)(c2ccccc2)CC1)C(C)c1ccccc1. The molecule has 0 aromatic heterocycles. The van der Waals surface area contributed by atoms with Crippen LogP contribution in [0, 0.1) is 5.92 Å². The van der Waals surface area contributed by atoms with Gasteiger partial charge in [0.2, 0.25) is 5.91 Å². The Bertz CT molecular complexity index is 739. The van der Waals surface area contributed by atoms with Crippen molar-refractivity contribution >= 4 is 5.91 Å². The molecule has 1 saturated heterocycles. The number of amides is 1. The molecule has 2 aromatic rings. The normalized spacial score (nSPS) is 18.5. The molecule has 0 spiro atoms. The first-order valence-electron chi connectivity index (χ1n) is 10.3. The van der Waals surface area contributed by atoms with Crippen LogP contribution in [0.2, 0.25) is 0 Å². The van der Waals surface area contributed by atoms with E-state index in [1.807, 2.05) is 20.2 Å². The molecule has 28 heavy (non-hydrogen) atoms. The summed E-state index contributed by atoms with van der Waals surface area (Å²) in [6.07, 6.45) is 1.87. The maximum Gasteiger partial charge on any atom is 0.227 e. The third-order valence-corrected chi connectivity index (χ3v) is 6.40. The zero-order chi connectivity index (χ0) is 20.0. The second kappa shape index (κ2) is 9.35. The van der Waals surface area contributed by atoms with Gasteiger partial charge in [0.25, 0.3) is 0 Å². The summed E-state index contributed by atoms with van der Waals surface area (Å²) < 4.78 is 0. The predicted molar refractivity (Wildman–Crippen MR) is 115 cm³/mol. The number of nitrogens with one attached hydrogen (secondary N) is 2. The lowest BCUT2D eigenvalue weighted by molar-refractivity contribution is -0.137. The highest BCUT2D eigenvalue weighted by Crippen LogP contribution is 2.34. The van der Waals surface area contributed by atoms with E-state index in [4.69, 9.17) is 0 Å². The van der Waals surface area contributed by atoms with Gasteiger partial charge in [-0.15, -0.1) is 0 Å². The zero-order valence-corrected chi connectivity index (χ0v) is 17.3. The molecule has 1 amide bonds. The lowest BCUT2D eigenvalue weighted by Crippen LogP contribution is -2.53. The fourth-order valence-corrected chi connectivity index (χ4v) is 4.47. The van der Waals surface area contributed by atoms with E-state index in [1.54, 1.807) is 0 Å². The molecule has 3 rings (SSSR count). The van der Waals surface area contributed by atoms with Crippen molar-refractivity contribution in [3.05, 3.63) is 71.8 Å². The lowest BCUT2D eigenvalue weighted by Gasteiger charge is -2.43. The first-order chi connectivity index (χ1) is 13.6. The van der Waals surface area contributed by atoms with Crippen molar-refractivity contribution < 1.29 is 4.79 Å². The van der Waals surface area contributed by atoms with E-state index in [0.717, 1.165) is 25.9 Å². The predicted octanol–water partition coefficient (Wildman–Crippen LogP) is 3.36. The van der Waals surface area contributed by atoms with Crippen LogP contribution < -0.4 is 10.6 Å². The van der Waals surface area contributed by atoms with Crippen molar-refractivity contribution in [2.24, 2.45) is 5.92 Å². The molecular formula is C24H33N3O. The summed E-state index contributed by atoms with van der Waals surface area (Å²) in [5, 5.41) is 6.78. The van der Waals surface area contributed by atoms with Gasteiger partial charge in [0.1, 0.15) is 0 Å². The molecule has 4 heteroatoms. The molecule has 1 heterocycles. The Hall–Kier alpha value is -2.17. The number of nitrogens with zero attached hydrogens (tertiary/aromatic N) is 1. The van der Waals surface area contributed by atoms with Gasteiger partial charge in [0, 0.05) is 25.2 Å². The third kappa shape index (κ3) is 4.29. The van der Waals surface area contributed by atoms with Gasteiger partial charge in [-0.3, -0.25) is 4.79 Å². The minimum absolute atomic E-state index is 0.0401. The van der Waals surface area contributed by atoms with Gasteiger partial charge in [-0.2, -0.15) is 0 Å². The number of rotatable bonds is 7. The highest BCUT2D eigenvalue weighted by molar-refractivity contribution is 5.80. The summed E-state index contributed by atoms with van der Waals surface area (Å²) in [6, 6.07) is 21.0. The second-order valence-corrected chi connectivity index (χ2v) is 7.89. The Morgan fingerprint density at radius 2 is 1.57 bits per heavy atom. The van der Waals surface area contributed by atoms with E-state index in [2.05, 4.69) is 77.1 Å². The van der Waals surface area contributed by atoms with E-state index in [9.17, 15) is 4.79 Å². The van der Waals surface area contributed by atoms with Gasteiger partial charge >= 0.3 is 0 Å². The summed E-state index contributed by atoms with van der Waals surface area (Å²) in [5.41, 5.74) is 2.50. The highest BCUT2D eigenvalue weighted by Gasteiger charge is 2.38. The Balaban J connectivity index is 1.72. The number of carbonyl (C=O) groups excluding carboxylic acids is 1. The Kier molecular flexibility index (Phi) is 6.87. The van der Waals surface area contributed by atoms with Crippen molar-refractivity contribution in [2.75, 3.05) is 33.7 Å². The van der Waals surface area contributed by atoms with Crippen molar-refractivity contribution in [3.63, 3.8) is 0 Å². The number of hydrogen-bond acceptors (Lipinski definition) is 3. The molecule has 2 atom stereocenters. The van der Waals surface area contributed by atoms with Crippen molar-refractivity contribution in [3.8, 4) is 0 Å². The zero-order valence-electron chi connectivity index (χ0n) is 17.3. The van der Waals surface area contributed by atoms with E-state index in [1.165, 1.54) is 11.1 Å². The Morgan fingerprint density at radius 1 is 1.00 bits per heavy atom. The van der Waals surface area contributed by atoms with E-state index < -0.39 is 0 Å². The van der Waals surface area contributed by atoms with Crippen LogP contribution in [0.1, 0.15) is 36.8 Å². The molecule has 150 valence electrons. The number of likely N-dealkylation sites (tertiary alicyclic amines) is 1. The van der Waals surface area contributed by atoms with Crippen LogP contribution in [0.15, 0.2) is 60.7 Å². The molecule has 0 saturated carbocycles. The molecular weight excluding hydrogens is 346 g/mol. The maximum atomic E-state index is 13.4. The standard InChI is InChI=1S/C24H33N3O/c1-19(20-10-6-4-7-11-20)22(18-25-2)23(28)27-16-14-24(26-3,15-17-27)21-12-8-5-9-13-21/h4-13,19,22,25-26H,14-18H2,1-3H3. The Labute approximate surface area is 169 Å². The summed E-state index contributed by atoms with van der Waals surface area (Å²) in [5.74, 6) is 0.404. The van der Waals surface area contributed by atoms with Crippen LogP contribution in [-0.2, 0) is 10.3 Å². The van der Waals surface area contributed by atoms with Crippen LogP contribution >= 0.6 is 0 Å². The van der Waals surface area contributed by atoms with E-state index in [-0.39, 0.29) is 23.3 Å². The molecule has 4 nitrogen and oxygen atoms in total. The Morgan fingerprint density at radius 3 is 2.11 bits per heavy atom. The van der Waals surface area contributed by atoms with Gasteiger partial charge in [-0.1, -0.05) is 67.6 Å². The summed E-state index contributed by atoms with van der Waals surface area (Å²) in [6.45, 7) is 4.44. The third-order valence-electron chi connectivity index (χ3n) is 6.40. The van der Waals surface area contributed by atoms with E-state index >= 15 is 0 Å². The molecule has 1 fully saturated rings. The van der Waals surface area contributed by atoms with Gasteiger partial charge in [-0.05, 0) is 44.0 Å². The summed E-state index contributed by atoms with van der Waals surface area (Å²) in [4.78, 5) is 15.5. The molecule has 0 radical (unpaired) electrons. The summed E-state index contributed by atoms with van der Waals surface area (Å²) >= 11 is 0. The molecule has 2 N–H and O–H groups in total. The van der Waals surface area contributed by atoms with Gasteiger partial charge in [0.05, 0.1) is 5.92 Å². The molecule has 2 aromatic carbocycles. The fraction of sp³-hybridized carbons (Fsp3) is 0.458. The average Bonchev–Trinajstić information content (AvgIpc) is 2.78. The minimum Gasteiger partial charge on any atom is -0.342 e. The largest absolute Gasteiger partial charge is 0.342 e. The molecule has 1 aliphatic heterocycles. The van der Waals surface area contributed by atoms with Gasteiger partial charge in [-0.25, -0.2) is 0 Å². The average molecular weight is 380 g/mol. The van der Waals surface area contributed by atoms with Crippen molar-refractivity contribution in [1.82, 2.24) is 15.5 Å². The van der Waals surface area contributed by atoms with Crippen molar-refractivity contribution in [1.29, 1.82) is 0 Å². The highest BCUT2D eigenvalue weighted by atomic mass is 16.2. The van der Waals surface area contributed by atoms with Crippen LogP contribution in [-0.4, -0.2) is 44.5 Å². The second-order valence-electron chi connectivity index (χ2n) is 7.89. The lowest BCUT2D eigenvalue weighted by atomic mass is 9.80. The monoisotopic (exact) mass is 379 g/mol. The smallest absolute Gasteiger partial charge is 0.227 e. The maximum absolute atomic E-state index is 13.4. The van der Waals surface area contributed by atoms with E-state index in [0.29, 0.717) is 6.54 Å². The molecule has 1 aliphatic rings. The van der Waals surface area contributed by atoms with Gasteiger partial charge < -0.3 is 15.5 Å². The topological polar surface area (TPSA) is 44.4 Å². The van der Waals surface area contributed by atoms with Crippen LogP contribution in [0.25, 0.3) is 0 Å². The number of piperidine rings is 1. The first-order valence-corrected chi connectivity index (χ1v) is 10.3. The molecule has 2 unspecified atom stereocenters. The number of hydrogen-bond donors (Lipinski definition) is 2. The quantitative estimate of drug-likeness (QED) is 0.775. The molecule has 0 aliphatic carbocycles. The summed E-state index contributed by atoms with van der Waals surface area (Å²) in [7, 11) is 3.96. The van der Waals surface area contributed by atoms with Crippen LogP contribution in [0.5, 0.6) is 0 Å². The minimum atomic E-state index is -0.0498. The van der Waals surface area contributed by atoms with Crippen LogP contribution in [0.3, 0.4) is 0 Å². The van der Waals surface area contributed by atoms with Gasteiger partial charge in [0.15, 0.2) is 0 Å². The number of benzene rings is 2. The number of carbonyl (C=O) groups is 1. The molecule has 0 bridgehead atoms. The van der Waals surface area contributed by atoms with Crippen molar-refractivity contribution in [2.45, 2.75) is 31.2 Å².